The van der Waals surface area contributed by atoms with Crippen LogP contribution in [0.4, 0.5) is 13.2 Å². The molecule has 0 bridgehead atoms. The van der Waals surface area contributed by atoms with E-state index in [9.17, 15) is 13.2 Å². The van der Waals surface area contributed by atoms with Crippen LogP contribution in [0.15, 0.2) is 12.1 Å². The van der Waals surface area contributed by atoms with Crippen LogP contribution in [-0.4, -0.2) is 21.6 Å². The molecule has 1 saturated carbocycles. The molecule has 1 aromatic rings. The third-order valence-electron chi connectivity index (χ3n) is 8.82. The molecule has 1 aromatic carbocycles. The molecule has 1 aliphatic carbocycles. The first-order chi connectivity index (χ1) is 17.0. The minimum Gasteiger partial charge on any atom is -0.485 e. The van der Waals surface area contributed by atoms with E-state index in [0.717, 1.165) is 55.9 Å². The van der Waals surface area contributed by atoms with Crippen LogP contribution < -0.4 is 4.74 Å². The van der Waals surface area contributed by atoms with E-state index < -0.39 is 32.4 Å². The van der Waals surface area contributed by atoms with Gasteiger partial charge < -0.3 is 4.74 Å². The van der Waals surface area contributed by atoms with Gasteiger partial charge in [0, 0.05) is 8.80 Å². The Morgan fingerprint density at radius 1 is 0.829 bits per heavy atom. The van der Waals surface area contributed by atoms with E-state index in [1.807, 2.05) is 0 Å². The Balaban J connectivity index is 1.43. The minimum absolute atomic E-state index is 0.219. The molecule has 0 radical (unpaired) electrons. The summed E-state index contributed by atoms with van der Waals surface area (Å²) in [6, 6.07) is 7.49. The largest absolute Gasteiger partial charge is 0.485 e. The van der Waals surface area contributed by atoms with Gasteiger partial charge in [-0.2, -0.15) is 0 Å². The summed E-state index contributed by atoms with van der Waals surface area (Å²) in [6.45, 7) is 4.12. The van der Waals surface area contributed by atoms with E-state index in [0.29, 0.717) is 6.42 Å². The van der Waals surface area contributed by atoms with E-state index in [4.69, 9.17) is 4.74 Å². The van der Waals surface area contributed by atoms with Gasteiger partial charge in [-0.1, -0.05) is 89.8 Å². The lowest BCUT2D eigenvalue weighted by Gasteiger charge is -2.37. The summed E-state index contributed by atoms with van der Waals surface area (Å²) in [5.41, 5.74) is 0.745. The zero-order valence-electron chi connectivity index (χ0n) is 22.3. The summed E-state index contributed by atoms with van der Waals surface area (Å²) in [5, 5.41) is 0. The molecule has 2 aliphatic rings. The van der Waals surface area contributed by atoms with Crippen molar-refractivity contribution in [2.75, 3.05) is 6.61 Å². The summed E-state index contributed by atoms with van der Waals surface area (Å²) in [4.78, 5) is 0. The molecule has 1 nitrogen and oxygen atoms in total. The molecule has 1 aliphatic heterocycles. The van der Waals surface area contributed by atoms with Crippen LogP contribution in [0.5, 0.6) is 5.75 Å². The quantitative estimate of drug-likeness (QED) is 0.179. The number of rotatable bonds is 14. The lowest BCUT2D eigenvalue weighted by Crippen LogP contribution is -2.28. The molecule has 0 unspecified atom stereocenters. The molecule has 200 valence electrons. The summed E-state index contributed by atoms with van der Waals surface area (Å²) in [6.07, 6.45) is 14.6. The predicted octanol–water partition coefficient (Wildman–Crippen LogP) is 9.75. The smallest absolute Gasteiger partial charge is 0.190 e. The van der Waals surface area contributed by atoms with Gasteiger partial charge >= 0.3 is 0 Å². The summed E-state index contributed by atoms with van der Waals surface area (Å²) in [7, 11) is -0.469. The average molecular weight is 511 g/mol. The van der Waals surface area contributed by atoms with E-state index >= 15 is 0 Å². The molecular weight excluding hydrogens is 461 g/mol. The summed E-state index contributed by atoms with van der Waals surface area (Å²) < 4.78 is 48.7. The molecule has 0 amide bonds. The van der Waals surface area contributed by atoms with Crippen molar-refractivity contribution >= 4 is 8.80 Å². The van der Waals surface area contributed by atoms with Crippen LogP contribution >= 0.6 is 0 Å². The fourth-order valence-corrected chi connectivity index (χ4v) is 10.1. The van der Waals surface area contributed by atoms with Crippen molar-refractivity contribution in [3.8, 4) is 5.75 Å². The van der Waals surface area contributed by atoms with Crippen LogP contribution in [-0.2, 0) is 0 Å². The Hall–Kier alpha value is -0.973. The van der Waals surface area contributed by atoms with Gasteiger partial charge in [0.2, 0.25) is 0 Å². The standard InChI is InChI=1S/C30H49F3OSi/c1-3-5-7-8-10-27(31)22-34-30-28(32)20-26(21-29(30)33)24-13-11-23(12-14-24)25-15-18-35(19-16-25)17-9-6-4-2/h20-21,23-25,27,35H,3-19,22H2,1-2H3/t23?,24?,25?,27-,35?/m0/s1. The van der Waals surface area contributed by atoms with Gasteiger partial charge in [0.15, 0.2) is 17.4 Å². The first-order valence-electron chi connectivity index (χ1n) is 14.8. The van der Waals surface area contributed by atoms with Crippen molar-refractivity contribution < 1.29 is 17.9 Å². The molecule has 5 heteroatoms. The maximum absolute atomic E-state index is 14.7. The van der Waals surface area contributed by atoms with Crippen LogP contribution in [0.25, 0.3) is 0 Å². The average Bonchev–Trinajstić information content (AvgIpc) is 2.87. The molecular formula is C30H49F3OSi. The number of halogens is 3. The molecule has 0 spiro atoms. The van der Waals surface area contributed by atoms with E-state index in [-0.39, 0.29) is 12.5 Å². The Morgan fingerprint density at radius 2 is 1.43 bits per heavy atom. The monoisotopic (exact) mass is 510 g/mol. The Morgan fingerprint density at radius 3 is 2.06 bits per heavy atom. The fourth-order valence-electron chi connectivity index (χ4n) is 6.56. The zero-order valence-corrected chi connectivity index (χ0v) is 23.5. The summed E-state index contributed by atoms with van der Waals surface area (Å²) >= 11 is 0. The van der Waals surface area contributed by atoms with E-state index in [1.165, 1.54) is 69.2 Å². The van der Waals surface area contributed by atoms with Gasteiger partial charge in [0.25, 0.3) is 0 Å². The SMILES string of the molecule is CCCCCC[C@H](F)COc1c(F)cc(C2CCC(C3CC[SiH](CCCCC)CC3)CC2)cc1F. The van der Waals surface area contributed by atoms with Crippen molar-refractivity contribution in [1.29, 1.82) is 0 Å². The molecule has 0 aromatic heterocycles. The highest BCUT2D eigenvalue weighted by Gasteiger charge is 2.32. The maximum Gasteiger partial charge on any atom is 0.190 e. The Kier molecular flexibility index (Phi) is 12.5. The fraction of sp³-hybridized carbons (Fsp3) is 0.800. The van der Waals surface area contributed by atoms with Gasteiger partial charge in [-0.25, -0.2) is 13.2 Å². The van der Waals surface area contributed by atoms with E-state index in [2.05, 4.69) is 13.8 Å². The van der Waals surface area contributed by atoms with Crippen LogP contribution in [0.3, 0.4) is 0 Å². The predicted molar refractivity (Wildman–Crippen MR) is 144 cm³/mol. The van der Waals surface area contributed by atoms with Gasteiger partial charge in [0.1, 0.15) is 12.8 Å². The van der Waals surface area contributed by atoms with E-state index in [1.54, 1.807) is 6.04 Å². The number of unbranched alkanes of at least 4 members (excludes halogenated alkanes) is 5. The lowest BCUT2D eigenvalue weighted by atomic mass is 9.72. The number of hydrogen-bond donors (Lipinski definition) is 0. The highest BCUT2D eigenvalue weighted by atomic mass is 28.3. The minimum atomic E-state index is -1.19. The summed E-state index contributed by atoms with van der Waals surface area (Å²) in [5.74, 6) is 0.104. The Labute approximate surface area is 214 Å². The highest BCUT2D eigenvalue weighted by Crippen LogP contribution is 2.44. The molecule has 3 rings (SSSR count). The van der Waals surface area contributed by atoms with Gasteiger partial charge in [-0.15, -0.1) is 0 Å². The molecule has 1 saturated heterocycles. The molecule has 0 N–H and O–H groups in total. The van der Waals surface area contributed by atoms with Crippen molar-refractivity contribution in [2.24, 2.45) is 11.8 Å². The first-order valence-corrected chi connectivity index (χ1v) is 17.2. The maximum atomic E-state index is 14.7. The third-order valence-corrected chi connectivity index (χ3v) is 12.3. The van der Waals surface area contributed by atoms with Gasteiger partial charge in [-0.3, -0.25) is 0 Å². The van der Waals surface area contributed by atoms with Crippen LogP contribution in [0, 0.1) is 23.5 Å². The molecule has 1 atom stereocenters. The molecule has 35 heavy (non-hydrogen) atoms. The zero-order chi connectivity index (χ0) is 25.0. The highest BCUT2D eigenvalue weighted by molar-refractivity contribution is 6.58. The van der Waals surface area contributed by atoms with Crippen LogP contribution in [0.2, 0.25) is 18.1 Å². The van der Waals surface area contributed by atoms with Crippen molar-refractivity contribution in [1.82, 2.24) is 0 Å². The Bertz CT molecular complexity index is 703. The first kappa shape index (κ1) is 28.6. The number of alkyl halides is 1. The normalized spacial score (nSPS) is 26.0. The second-order valence-corrected chi connectivity index (χ2v) is 14.9. The van der Waals surface area contributed by atoms with Gasteiger partial charge in [0.05, 0.1) is 0 Å². The molecule has 2 fully saturated rings. The number of benzene rings is 1. The molecule has 1 heterocycles. The lowest BCUT2D eigenvalue weighted by molar-refractivity contribution is 0.173. The topological polar surface area (TPSA) is 9.23 Å². The van der Waals surface area contributed by atoms with Crippen molar-refractivity contribution in [3.63, 3.8) is 0 Å². The van der Waals surface area contributed by atoms with Gasteiger partial charge in [-0.05, 0) is 67.6 Å². The van der Waals surface area contributed by atoms with Crippen molar-refractivity contribution in [3.05, 3.63) is 29.3 Å². The number of hydrogen-bond acceptors (Lipinski definition) is 1. The van der Waals surface area contributed by atoms with Crippen molar-refractivity contribution in [2.45, 2.75) is 134 Å². The number of ether oxygens (including phenoxy) is 1. The second kappa shape index (κ2) is 15.3. The second-order valence-electron chi connectivity index (χ2n) is 11.5. The third kappa shape index (κ3) is 9.13. The van der Waals surface area contributed by atoms with Crippen LogP contribution in [0.1, 0.15) is 115 Å².